The summed E-state index contributed by atoms with van der Waals surface area (Å²) in [6.07, 6.45) is 1.84. The molecule has 4 heteroatoms. The largest absolute Gasteiger partial charge is 0.504 e. The molecule has 124 valence electrons. The van der Waals surface area contributed by atoms with Crippen molar-refractivity contribution in [2.24, 2.45) is 11.8 Å². The van der Waals surface area contributed by atoms with Crippen molar-refractivity contribution >= 4 is 0 Å². The number of hydrogen-bond donors (Lipinski definition) is 2. The first-order valence-electron chi connectivity index (χ1n) is 8.12. The van der Waals surface area contributed by atoms with Crippen molar-refractivity contribution in [1.82, 2.24) is 4.90 Å². The molecule has 2 atom stereocenters. The standard InChI is InChI=1S/C18H29NO3/c1-13(2)9-15-12-19(8-7-18(15,3)21)11-14-5-6-17(22-4)16(20)10-14/h5-6,10,13,15,20-21H,7-9,11-12H2,1-4H3/t15-,18+/m0/s1. The number of phenols is 1. The molecule has 4 nitrogen and oxygen atoms in total. The summed E-state index contributed by atoms with van der Waals surface area (Å²) in [6, 6.07) is 5.56. The van der Waals surface area contributed by atoms with E-state index in [9.17, 15) is 10.2 Å². The summed E-state index contributed by atoms with van der Waals surface area (Å²) in [5.41, 5.74) is 0.506. The maximum Gasteiger partial charge on any atom is 0.160 e. The van der Waals surface area contributed by atoms with Crippen LogP contribution in [-0.4, -0.2) is 40.9 Å². The van der Waals surface area contributed by atoms with Gasteiger partial charge in [-0.05, 0) is 43.4 Å². The van der Waals surface area contributed by atoms with E-state index < -0.39 is 5.60 Å². The second-order valence-electron chi connectivity index (χ2n) is 7.17. The van der Waals surface area contributed by atoms with E-state index in [1.54, 1.807) is 19.2 Å². The second kappa shape index (κ2) is 6.88. The minimum atomic E-state index is -0.567. The molecule has 0 aliphatic carbocycles. The summed E-state index contributed by atoms with van der Waals surface area (Å²) < 4.78 is 5.08. The van der Waals surface area contributed by atoms with Crippen molar-refractivity contribution < 1.29 is 14.9 Å². The maximum absolute atomic E-state index is 10.6. The molecule has 0 spiro atoms. The Morgan fingerprint density at radius 2 is 2.14 bits per heavy atom. The highest BCUT2D eigenvalue weighted by Gasteiger charge is 2.37. The van der Waals surface area contributed by atoms with Crippen LogP contribution in [0, 0.1) is 11.8 Å². The topological polar surface area (TPSA) is 52.9 Å². The molecule has 0 radical (unpaired) electrons. The minimum Gasteiger partial charge on any atom is -0.504 e. The molecule has 1 aromatic rings. The van der Waals surface area contributed by atoms with E-state index in [2.05, 4.69) is 18.7 Å². The maximum atomic E-state index is 10.6. The summed E-state index contributed by atoms with van der Waals surface area (Å²) in [5.74, 6) is 1.57. The summed E-state index contributed by atoms with van der Waals surface area (Å²) in [5, 5.41) is 20.5. The normalized spacial score (nSPS) is 26.4. The molecule has 2 rings (SSSR count). The highest BCUT2D eigenvalue weighted by atomic mass is 16.5. The van der Waals surface area contributed by atoms with Crippen LogP contribution in [0.25, 0.3) is 0 Å². The number of likely N-dealkylation sites (tertiary alicyclic amines) is 1. The van der Waals surface area contributed by atoms with Gasteiger partial charge in [-0.25, -0.2) is 0 Å². The predicted molar refractivity (Wildman–Crippen MR) is 88.1 cm³/mol. The van der Waals surface area contributed by atoms with Crippen molar-refractivity contribution in [3.63, 3.8) is 0 Å². The van der Waals surface area contributed by atoms with Gasteiger partial charge in [0.25, 0.3) is 0 Å². The Labute approximate surface area is 133 Å². The second-order valence-corrected chi connectivity index (χ2v) is 7.17. The zero-order valence-corrected chi connectivity index (χ0v) is 14.2. The Morgan fingerprint density at radius 1 is 1.41 bits per heavy atom. The molecule has 22 heavy (non-hydrogen) atoms. The van der Waals surface area contributed by atoms with Crippen LogP contribution in [0.15, 0.2) is 18.2 Å². The highest BCUT2D eigenvalue weighted by Crippen LogP contribution is 2.33. The monoisotopic (exact) mass is 307 g/mol. The fourth-order valence-electron chi connectivity index (χ4n) is 3.32. The number of piperidine rings is 1. The van der Waals surface area contributed by atoms with E-state index in [4.69, 9.17) is 4.74 Å². The molecule has 1 aliphatic heterocycles. The number of aliphatic hydroxyl groups is 1. The zero-order valence-electron chi connectivity index (χ0n) is 14.2. The smallest absolute Gasteiger partial charge is 0.160 e. The molecule has 1 aromatic carbocycles. The first-order chi connectivity index (χ1) is 10.3. The number of nitrogens with zero attached hydrogens (tertiary/aromatic N) is 1. The Balaban J connectivity index is 2.03. The van der Waals surface area contributed by atoms with E-state index in [1.165, 1.54) is 0 Å². The van der Waals surface area contributed by atoms with Crippen molar-refractivity contribution in [2.45, 2.75) is 45.8 Å². The van der Waals surface area contributed by atoms with Crippen molar-refractivity contribution in [2.75, 3.05) is 20.2 Å². The van der Waals surface area contributed by atoms with Crippen LogP contribution in [0.5, 0.6) is 11.5 Å². The molecule has 0 unspecified atom stereocenters. The van der Waals surface area contributed by atoms with Gasteiger partial charge in [0, 0.05) is 25.6 Å². The fraction of sp³-hybridized carbons (Fsp3) is 0.667. The molecule has 0 saturated carbocycles. The molecular weight excluding hydrogens is 278 g/mol. The average molecular weight is 307 g/mol. The summed E-state index contributed by atoms with van der Waals surface area (Å²) in [4.78, 5) is 2.37. The molecule has 1 saturated heterocycles. The van der Waals surface area contributed by atoms with Gasteiger partial charge in [-0.3, -0.25) is 4.90 Å². The van der Waals surface area contributed by atoms with E-state index >= 15 is 0 Å². The number of aromatic hydroxyl groups is 1. The number of benzene rings is 1. The molecule has 1 fully saturated rings. The van der Waals surface area contributed by atoms with Crippen LogP contribution in [-0.2, 0) is 6.54 Å². The Hall–Kier alpha value is -1.26. The third kappa shape index (κ3) is 4.14. The van der Waals surface area contributed by atoms with E-state index in [0.717, 1.165) is 38.0 Å². The van der Waals surface area contributed by atoms with Crippen LogP contribution in [0.3, 0.4) is 0 Å². The number of rotatable bonds is 5. The van der Waals surface area contributed by atoms with Crippen LogP contribution in [0.1, 0.15) is 39.2 Å². The molecule has 2 N–H and O–H groups in total. The van der Waals surface area contributed by atoms with Gasteiger partial charge in [0.15, 0.2) is 11.5 Å². The van der Waals surface area contributed by atoms with Gasteiger partial charge < -0.3 is 14.9 Å². The molecule has 0 bridgehead atoms. The number of ether oxygens (including phenoxy) is 1. The van der Waals surface area contributed by atoms with Crippen LogP contribution >= 0.6 is 0 Å². The SMILES string of the molecule is COc1ccc(CN2CC[C@@](C)(O)[C@@H](CC(C)C)C2)cc1O. The van der Waals surface area contributed by atoms with E-state index in [0.29, 0.717) is 17.6 Å². The Kier molecular flexibility index (Phi) is 5.35. The third-order valence-electron chi connectivity index (χ3n) is 4.70. The van der Waals surface area contributed by atoms with E-state index in [1.807, 2.05) is 13.0 Å². The molecule has 1 heterocycles. The van der Waals surface area contributed by atoms with E-state index in [-0.39, 0.29) is 5.75 Å². The first-order valence-corrected chi connectivity index (χ1v) is 8.12. The predicted octanol–water partition coefficient (Wildman–Crippen LogP) is 3.02. The van der Waals surface area contributed by atoms with Gasteiger partial charge in [0.2, 0.25) is 0 Å². The lowest BCUT2D eigenvalue weighted by atomic mass is 9.78. The van der Waals surface area contributed by atoms with Crippen molar-refractivity contribution in [1.29, 1.82) is 0 Å². The van der Waals surface area contributed by atoms with Crippen molar-refractivity contribution in [3.05, 3.63) is 23.8 Å². The Bertz CT molecular complexity index is 499. The van der Waals surface area contributed by atoms with Gasteiger partial charge in [-0.15, -0.1) is 0 Å². The summed E-state index contributed by atoms with van der Waals surface area (Å²) in [6.45, 7) is 8.96. The fourth-order valence-corrected chi connectivity index (χ4v) is 3.32. The van der Waals surface area contributed by atoms with Crippen LogP contribution < -0.4 is 4.74 Å². The Morgan fingerprint density at radius 3 is 2.73 bits per heavy atom. The lowest BCUT2D eigenvalue weighted by Gasteiger charge is -2.43. The zero-order chi connectivity index (χ0) is 16.3. The van der Waals surface area contributed by atoms with Gasteiger partial charge in [0.1, 0.15) is 0 Å². The number of phenolic OH excluding ortho intramolecular Hbond substituents is 1. The minimum absolute atomic E-state index is 0.183. The number of hydrogen-bond acceptors (Lipinski definition) is 4. The number of methoxy groups -OCH3 is 1. The summed E-state index contributed by atoms with van der Waals surface area (Å²) in [7, 11) is 1.55. The van der Waals surface area contributed by atoms with Gasteiger partial charge in [0.05, 0.1) is 12.7 Å². The van der Waals surface area contributed by atoms with Gasteiger partial charge in [-0.1, -0.05) is 19.9 Å². The third-order valence-corrected chi connectivity index (χ3v) is 4.70. The average Bonchev–Trinajstić information content (AvgIpc) is 2.42. The molecule has 0 amide bonds. The molecule has 0 aromatic heterocycles. The quantitative estimate of drug-likeness (QED) is 0.878. The van der Waals surface area contributed by atoms with Crippen LogP contribution in [0.2, 0.25) is 0 Å². The molecular formula is C18H29NO3. The lowest BCUT2D eigenvalue weighted by Crippen LogP contribution is -2.50. The van der Waals surface area contributed by atoms with Crippen molar-refractivity contribution in [3.8, 4) is 11.5 Å². The highest BCUT2D eigenvalue weighted by molar-refractivity contribution is 5.41. The molecule has 1 aliphatic rings. The van der Waals surface area contributed by atoms with Gasteiger partial charge >= 0.3 is 0 Å². The lowest BCUT2D eigenvalue weighted by molar-refractivity contribution is -0.0664. The summed E-state index contributed by atoms with van der Waals surface area (Å²) >= 11 is 0. The van der Waals surface area contributed by atoms with Crippen LogP contribution in [0.4, 0.5) is 0 Å². The first kappa shape index (κ1) is 17.1. The van der Waals surface area contributed by atoms with Gasteiger partial charge in [-0.2, -0.15) is 0 Å².